The summed E-state index contributed by atoms with van der Waals surface area (Å²) in [5, 5.41) is 38.1. The van der Waals surface area contributed by atoms with Gasteiger partial charge in [0.1, 0.15) is 22.5 Å². The van der Waals surface area contributed by atoms with Crippen LogP contribution in [0.25, 0.3) is 22.3 Å². The second-order valence-corrected chi connectivity index (χ2v) is 6.99. The third-order valence-electron chi connectivity index (χ3n) is 3.39. The summed E-state index contributed by atoms with van der Waals surface area (Å²) in [6, 6.07) is 5.30. The van der Waals surface area contributed by atoms with E-state index in [4.69, 9.17) is 8.60 Å². The van der Waals surface area contributed by atoms with Gasteiger partial charge in [-0.15, -0.1) is 0 Å². The van der Waals surface area contributed by atoms with Crippen LogP contribution in [0.5, 0.6) is 28.7 Å². The number of hydrogen-bond acceptors (Lipinski definition) is 9. The van der Waals surface area contributed by atoms with Crippen LogP contribution in [0, 0.1) is 0 Å². The zero-order valence-corrected chi connectivity index (χ0v) is 13.9. The molecule has 0 spiro atoms. The second kappa shape index (κ2) is 5.85. The summed E-state index contributed by atoms with van der Waals surface area (Å²) < 4.78 is 33.3. The molecule has 10 heteroatoms. The van der Waals surface area contributed by atoms with E-state index >= 15 is 0 Å². The summed E-state index contributed by atoms with van der Waals surface area (Å²) in [7, 11) is -4.14. The van der Waals surface area contributed by atoms with E-state index in [1.54, 1.807) is 0 Å². The molecular formula is C16H12O9S. The molecule has 1 aromatic heterocycles. The molecule has 0 saturated carbocycles. The summed E-state index contributed by atoms with van der Waals surface area (Å²) in [5.41, 5.74) is -1.23. The quantitative estimate of drug-likeness (QED) is 0.392. The first-order valence-electron chi connectivity index (χ1n) is 7.01. The minimum atomic E-state index is -4.14. The zero-order valence-electron chi connectivity index (χ0n) is 13.1. The molecule has 3 rings (SSSR count). The van der Waals surface area contributed by atoms with Crippen LogP contribution < -0.4 is 9.61 Å². The van der Waals surface area contributed by atoms with Crippen LogP contribution in [-0.4, -0.2) is 35.1 Å². The highest BCUT2D eigenvalue weighted by Crippen LogP contribution is 2.38. The fourth-order valence-corrected chi connectivity index (χ4v) is 2.80. The first kappa shape index (κ1) is 17.4. The van der Waals surface area contributed by atoms with Gasteiger partial charge in [-0.1, -0.05) is 0 Å². The Kier molecular flexibility index (Phi) is 3.92. The Balaban J connectivity index is 2.44. The normalized spacial score (nSPS) is 11.6. The lowest BCUT2D eigenvalue weighted by Gasteiger charge is -2.11. The van der Waals surface area contributed by atoms with Crippen LogP contribution in [0.2, 0.25) is 0 Å². The number of rotatable bonds is 3. The number of benzene rings is 2. The maximum atomic E-state index is 12.7. The number of aromatic hydroxyl groups is 4. The molecule has 2 aromatic carbocycles. The summed E-state index contributed by atoms with van der Waals surface area (Å²) in [6.07, 6.45) is 0.714. The smallest absolute Gasteiger partial charge is 0.306 e. The molecule has 3 aromatic rings. The molecule has 0 bridgehead atoms. The minimum Gasteiger partial charge on any atom is -0.508 e. The van der Waals surface area contributed by atoms with Crippen LogP contribution in [0.4, 0.5) is 0 Å². The highest BCUT2D eigenvalue weighted by Gasteiger charge is 2.24. The maximum absolute atomic E-state index is 12.7. The molecule has 0 atom stereocenters. The number of hydrogen-bond donors (Lipinski definition) is 4. The fourth-order valence-electron chi connectivity index (χ4n) is 2.35. The van der Waals surface area contributed by atoms with E-state index < -0.39 is 49.7 Å². The van der Waals surface area contributed by atoms with Crippen LogP contribution in [0.1, 0.15) is 0 Å². The van der Waals surface area contributed by atoms with E-state index in [9.17, 15) is 33.6 Å². The van der Waals surface area contributed by atoms with Crippen molar-refractivity contribution in [1.29, 1.82) is 0 Å². The van der Waals surface area contributed by atoms with Crippen molar-refractivity contribution in [3.8, 4) is 40.1 Å². The Morgan fingerprint density at radius 1 is 0.962 bits per heavy atom. The number of phenolic OH excluding ortho intramolecular Hbond substituents is 4. The lowest BCUT2D eigenvalue weighted by atomic mass is 10.1. The fraction of sp³-hybridized carbons (Fsp3) is 0.0625. The highest BCUT2D eigenvalue weighted by molar-refractivity contribution is 7.86. The van der Waals surface area contributed by atoms with Crippen molar-refractivity contribution < 1.29 is 37.4 Å². The number of phenols is 4. The van der Waals surface area contributed by atoms with Crippen LogP contribution in [-0.2, 0) is 10.1 Å². The molecule has 26 heavy (non-hydrogen) atoms. The molecule has 0 aliphatic carbocycles. The van der Waals surface area contributed by atoms with Crippen LogP contribution in [0.15, 0.2) is 39.5 Å². The summed E-state index contributed by atoms with van der Waals surface area (Å²) in [4.78, 5) is 12.7. The molecule has 0 fully saturated rings. The van der Waals surface area contributed by atoms with Gasteiger partial charge in [-0.2, -0.15) is 8.42 Å². The molecular weight excluding hydrogens is 368 g/mol. The van der Waals surface area contributed by atoms with Gasteiger partial charge in [-0.05, 0) is 18.2 Å². The minimum absolute atomic E-state index is 0.0146. The van der Waals surface area contributed by atoms with E-state index in [1.165, 1.54) is 6.07 Å². The topological polar surface area (TPSA) is 154 Å². The third-order valence-corrected chi connectivity index (χ3v) is 3.86. The molecule has 9 nitrogen and oxygen atoms in total. The van der Waals surface area contributed by atoms with Gasteiger partial charge in [0, 0.05) is 17.7 Å². The molecule has 0 amide bonds. The Hall–Kier alpha value is -3.40. The Labute approximate surface area is 146 Å². The van der Waals surface area contributed by atoms with Crippen molar-refractivity contribution in [2.24, 2.45) is 0 Å². The van der Waals surface area contributed by atoms with Gasteiger partial charge >= 0.3 is 10.1 Å². The molecule has 0 aliphatic heterocycles. The van der Waals surface area contributed by atoms with E-state index in [2.05, 4.69) is 0 Å². The molecule has 0 aliphatic rings. The predicted octanol–water partition coefficient (Wildman–Crippen LogP) is 1.62. The van der Waals surface area contributed by atoms with Gasteiger partial charge in [0.15, 0.2) is 17.3 Å². The first-order chi connectivity index (χ1) is 12.1. The Bertz CT molecular complexity index is 1190. The largest absolute Gasteiger partial charge is 0.508 e. The van der Waals surface area contributed by atoms with E-state index in [0.717, 1.165) is 24.3 Å². The molecule has 1 heterocycles. The van der Waals surface area contributed by atoms with Gasteiger partial charge in [0.2, 0.25) is 11.2 Å². The van der Waals surface area contributed by atoms with Gasteiger partial charge in [0.05, 0.1) is 6.26 Å². The van der Waals surface area contributed by atoms with E-state index in [-0.39, 0.29) is 16.9 Å². The van der Waals surface area contributed by atoms with Gasteiger partial charge in [-0.3, -0.25) is 4.79 Å². The Morgan fingerprint density at radius 2 is 1.65 bits per heavy atom. The van der Waals surface area contributed by atoms with Crippen molar-refractivity contribution >= 4 is 21.1 Å². The molecule has 4 N–H and O–H groups in total. The van der Waals surface area contributed by atoms with E-state index in [1.807, 2.05) is 0 Å². The lowest BCUT2D eigenvalue weighted by Crippen LogP contribution is -2.15. The molecule has 0 radical (unpaired) electrons. The summed E-state index contributed by atoms with van der Waals surface area (Å²) in [6.45, 7) is 0. The van der Waals surface area contributed by atoms with Gasteiger partial charge in [-0.25, -0.2) is 0 Å². The number of fused-ring (bicyclic) bond motifs is 1. The highest BCUT2D eigenvalue weighted by atomic mass is 32.2. The standard InChI is InChI=1S/C16H12O9S/c1-26(22,23)25-16-14(21)13-11(20)5-8(17)6-12(13)24-15(16)7-2-3-9(18)10(19)4-7/h2-6,17-20H,1H3. The second-order valence-electron chi connectivity index (χ2n) is 5.42. The van der Waals surface area contributed by atoms with Crippen LogP contribution >= 0.6 is 0 Å². The van der Waals surface area contributed by atoms with Crippen molar-refractivity contribution in [2.45, 2.75) is 0 Å². The SMILES string of the molecule is CS(=O)(=O)Oc1c(-c2ccc(O)c(O)c2)oc2cc(O)cc(O)c2c1=O. The van der Waals surface area contributed by atoms with Gasteiger partial charge in [0.25, 0.3) is 0 Å². The van der Waals surface area contributed by atoms with Crippen molar-refractivity contribution in [3.63, 3.8) is 0 Å². The summed E-state index contributed by atoms with van der Waals surface area (Å²) in [5.74, 6) is -3.15. The maximum Gasteiger partial charge on any atom is 0.306 e. The third kappa shape index (κ3) is 3.09. The lowest BCUT2D eigenvalue weighted by molar-refractivity contribution is 0.403. The average molecular weight is 380 g/mol. The first-order valence-corrected chi connectivity index (χ1v) is 8.83. The predicted molar refractivity (Wildman–Crippen MR) is 90.1 cm³/mol. The molecule has 0 saturated heterocycles. The van der Waals surface area contributed by atoms with Gasteiger partial charge < -0.3 is 29.0 Å². The molecule has 0 unspecified atom stereocenters. The monoisotopic (exact) mass is 380 g/mol. The summed E-state index contributed by atoms with van der Waals surface area (Å²) >= 11 is 0. The van der Waals surface area contributed by atoms with Crippen LogP contribution in [0.3, 0.4) is 0 Å². The van der Waals surface area contributed by atoms with Crippen molar-refractivity contribution in [1.82, 2.24) is 0 Å². The van der Waals surface area contributed by atoms with Crippen molar-refractivity contribution in [3.05, 3.63) is 40.6 Å². The average Bonchev–Trinajstić information content (AvgIpc) is 2.50. The zero-order chi connectivity index (χ0) is 19.2. The molecule has 136 valence electrons. The Morgan fingerprint density at radius 3 is 2.27 bits per heavy atom. The van der Waals surface area contributed by atoms with E-state index in [0.29, 0.717) is 6.26 Å². The van der Waals surface area contributed by atoms with Crippen molar-refractivity contribution in [2.75, 3.05) is 6.26 Å².